The predicted octanol–water partition coefficient (Wildman–Crippen LogP) is 5.53. The van der Waals surface area contributed by atoms with Gasteiger partial charge in [-0.3, -0.25) is 9.59 Å². The predicted molar refractivity (Wildman–Crippen MR) is 133 cm³/mol. The van der Waals surface area contributed by atoms with Gasteiger partial charge in [0.15, 0.2) is 17.5 Å². The lowest BCUT2D eigenvalue weighted by Gasteiger charge is -2.31. The Bertz CT molecular complexity index is 1750. The van der Waals surface area contributed by atoms with Crippen molar-refractivity contribution in [1.29, 1.82) is 0 Å². The van der Waals surface area contributed by atoms with Gasteiger partial charge in [0, 0.05) is 31.2 Å². The van der Waals surface area contributed by atoms with Crippen molar-refractivity contribution < 1.29 is 35.1 Å². The number of aromatic amines is 1. The second-order valence-corrected chi connectivity index (χ2v) is 9.94. The van der Waals surface area contributed by atoms with Gasteiger partial charge < -0.3 is 9.88 Å². The monoisotopic (exact) mass is 600 g/mol. The number of benzene rings is 1. The number of aromatic nitrogens is 5. The molecule has 1 saturated carbocycles. The average molecular weight is 600 g/mol. The number of pyridine rings is 1. The van der Waals surface area contributed by atoms with E-state index in [0.29, 0.717) is 38.1 Å². The van der Waals surface area contributed by atoms with E-state index >= 15 is 4.39 Å². The molecule has 1 aliphatic carbocycles. The largest absolute Gasteiger partial charge is 0.423 e. The lowest BCUT2D eigenvalue weighted by atomic mass is 9.85. The highest BCUT2D eigenvalue weighted by molar-refractivity contribution is 5.86. The first-order valence-corrected chi connectivity index (χ1v) is 12.6. The van der Waals surface area contributed by atoms with Crippen molar-refractivity contribution in [2.45, 2.75) is 50.6 Å². The van der Waals surface area contributed by atoms with E-state index in [2.05, 4.69) is 20.4 Å². The third-order valence-corrected chi connectivity index (χ3v) is 7.10. The van der Waals surface area contributed by atoms with E-state index in [1.54, 1.807) is 5.10 Å². The Kier molecular flexibility index (Phi) is 7.49. The third kappa shape index (κ3) is 5.69. The summed E-state index contributed by atoms with van der Waals surface area (Å²) < 4.78 is 110. The number of rotatable bonds is 5. The molecule has 16 heteroatoms. The molecule has 222 valence electrons. The molecule has 0 saturated heterocycles. The first-order valence-electron chi connectivity index (χ1n) is 12.6. The fourth-order valence-electron chi connectivity index (χ4n) is 5.17. The highest BCUT2D eigenvalue weighted by Crippen LogP contribution is 2.35. The molecular weight excluding hydrogens is 580 g/mol. The number of anilines is 1. The number of alkyl halides is 6. The van der Waals surface area contributed by atoms with Crippen molar-refractivity contribution in [2.24, 2.45) is 5.92 Å². The normalized spacial score (nSPS) is 17.9. The topological polar surface area (TPSA) is 106 Å². The lowest BCUT2D eigenvalue weighted by Crippen LogP contribution is -2.33. The SMILES string of the molecule is O=c1[nH]ncc(N[C@H]2CCC[C@@H](Cn3ccc4cc(-c5ncc(C(F)(F)F)cn5)c(F)c(F)c4c3=O)C2)c1C(F)(F)F. The molecule has 2 atom stereocenters. The zero-order valence-electron chi connectivity index (χ0n) is 21.3. The van der Waals surface area contributed by atoms with Crippen molar-refractivity contribution in [1.82, 2.24) is 24.7 Å². The van der Waals surface area contributed by atoms with E-state index in [1.807, 2.05) is 0 Å². The van der Waals surface area contributed by atoms with Crippen LogP contribution in [0.5, 0.6) is 0 Å². The van der Waals surface area contributed by atoms with Crippen LogP contribution in [-0.4, -0.2) is 30.8 Å². The highest BCUT2D eigenvalue weighted by atomic mass is 19.4. The number of hydrogen-bond acceptors (Lipinski definition) is 6. The van der Waals surface area contributed by atoms with E-state index in [1.165, 1.54) is 16.8 Å². The molecule has 4 aromatic rings. The minimum atomic E-state index is -4.91. The van der Waals surface area contributed by atoms with Gasteiger partial charge in [-0.15, -0.1) is 0 Å². The van der Waals surface area contributed by atoms with Gasteiger partial charge in [0.25, 0.3) is 11.1 Å². The van der Waals surface area contributed by atoms with E-state index in [4.69, 9.17) is 0 Å². The summed E-state index contributed by atoms with van der Waals surface area (Å²) in [6, 6.07) is 1.92. The van der Waals surface area contributed by atoms with Crippen molar-refractivity contribution >= 4 is 16.5 Å². The molecule has 0 spiro atoms. The maximum Gasteiger partial charge on any atom is 0.423 e. The van der Waals surface area contributed by atoms with Crippen LogP contribution in [0.3, 0.4) is 0 Å². The van der Waals surface area contributed by atoms with Gasteiger partial charge >= 0.3 is 12.4 Å². The van der Waals surface area contributed by atoms with Crippen LogP contribution in [0.25, 0.3) is 22.2 Å². The average Bonchev–Trinajstić information content (AvgIpc) is 2.91. The molecule has 3 aromatic heterocycles. The Morgan fingerprint density at radius 2 is 1.69 bits per heavy atom. The molecule has 0 aliphatic heterocycles. The molecule has 3 heterocycles. The maximum absolute atomic E-state index is 15.1. The number of halogens is 8. The molecule has 1 aliphatic rings. The highest BCUT2D eigenvalue weighted by Gasteiger charge is 2.38. The van der Waals surface area contributed by atoms with Crippen molar-refractivity contribution in [2.75, 3.05) is 5.32 Å². The maximum atomic E-state index is 15.1. The second-order valence-electron chi connectivity index (χ2n) is 9.94. The van der Waals surface area contributed by atoms with Crippen LogP contribution >= 0.6 is 0 Å². The number of nitrogens with zero attached hydrogens (tertiary/aromatic N) is 4. The second kappa shape index (κ2) is 10.8. The van der Waals surface area contributed by atoms with Gasteiger partial charge in [-0.05, 0) is 42.7 Å². The summed E-state index contributed by atoms with van der Waals surface area (Å²) in [5.74, 6) is -3.76. The number of nitrogens with one attached hydrogen (secondary N) is 2. The summed E-state index contributed by atoms with van der Waals surface area (Å²) in [5, 5.41) is 7.33. The molecule has 8 nitrogen and oxygen atoms in total. The van der Waals surface area contributed by atoms with Crippen molar-refractivity contribution in [3.63, 3.8) is 0 Å². The minimum absolute atomic E-state index is 0.0293. The first kappa shape index (κ1) is 29.1. The fraction of sp³-hybridized carbons (Fsp3) is 0.346. The Morgan fingerprint density at radius 1 is 0.976 bits per heavy atom. The molecule has 5 rings (SSSR count). The van der Waals surface area contributed by atoms with Crippen LogP contribution in [0.15, 0.2) is 46.5 Å². The summed E-state index contributed by atoms with van der Waals surface area (Å²) in [5.41, 5.74) is -5.82. The molecule has 0 unspecified atom stereocenters. The third-order valence-electron chi connectivity index (χ3n) is 7.10. The van der Waals surface area contributed by atoms with Gasteiger partial charge in [-0.25, -0.2) is 23.8 Å². The number of fused-ring (bicyclic) bond motifs is 1. The van der Waals surface area contributed by atoms with Gasteiger partial charge in [0.2, 0.25) is 0 Å². The Morgan fingerprint density at radius 3 is 2.36 bits per heavy atom. The van der Waals surface area contributed by atoms with Crippen LogP contribution in [-0.2, 0) is 18.9 Å². The van der Waals surface area contributed by atoms with Gasteiger partial charge in [-0.1, -0.05) is 6.42 Å². The Balaban J connectivity index is 1.39. The van der Waals surface area contributed by atoms with E-state index < -0.39 is 74.7 Å². The number of H-pyrrole nitrogens is 1. The van der Waals surface area contributed by atoms with Crippen LogP contribution in [0.1, 0.15) is 36.8 Å². The fourth-order valence-corrected chi connectivity index (χ4v) is 5.17. The molecule has 0 amide bonds. The number of hydrogen-bond donors (Lipinski definition) is 2. The molecule has 1 aromatic carbocycles. The Labute approximate surface area is 230 Å². The molecule has 0 bridgehead atoms. The van der Waals surface area contributed by atoms with E-state index in [0.717, 1.165) is 12.3 Å². The molecular formula is C26H20F8N6O2. The van der Waals surface area contributed by atoms with Crippen LogP contribution < -0.4 is 16.4 Å². The molecule has 2 N–H and O–H groups in total. The summed E-state index contributed by atoms with van der Waals surface area (Å²) in [6.07, 6.45) is -4.56. The van der Waals surface area contributed by atoms with E-state index in [-0.39, 0.29) is 17.8 Å². The van der Waals surface area contributed by atoms with Crippen LogP contribution in [0, 0.1) is 17.6 Å². The van der Waals surface area contributed by atoms with Gasteiger partial charge in [0.05, 0.1) is 28.4 Å². The van der Waals surface area contributed by atoms with Crippen LogP contribution in [0.4, 0.5) is 40.8 Å². The van der Waals surface area contributed by atoms with Gasteiger partial charge in [-0.2, -0.15) is 31.4 Å². The zero-order valence-corrected chi connectivity index (χ0v) is 21.3. The molecule has 0 radical (unpaired) electrons. The summed E-state index contributed by atoms with van der Waals surface area (Å²) in [6.45, 7) is 0.0531. The van der Waals surface area contributed by atoms with Crippen LogP contribution in [0.2, 0.25) is 0 Å². The zero-order chi connectivity index (χ0) is 30.4. The lowest BCUT2D eigenvalue weighted by molar-refractivity contribution is -0.139. The first-order chi connectivity index (χ1) is 19.7. The summed E-state index contributed by atoms with van der Waals surface area (Å²) in [7, 11) is 0. The quantitative estimate of drug-likeness (QED) is 0.292. The summed E-state index contributed by atoms with van der Waals surface area (Å²) in [4.78, 5) is 31.9. The van der Waals surface area contributed by atoms with E-state index in [9.17, 15) is 40.3 Å². The summed E-state index contributed by atoms with van der Waals surface area (Å²) >= 11 is 0. The van der Waals surface area contributed by atoms with Gasteiger partial charge in [0.1, 0.15) is 5.56 Å². The minimum Gasteiger partial charge on any atom is -0.380 e. The van der Waals surface area contributed by atoms with Crippen molar-refractivity contribution in [3.05, 3.63) is 80.4 Å². The van der Waals surface area contributed by atoms with Crippen molar-refractivity contribution in [3.8, 4) is 11.4 Å². The Hall–Kier alpha value is -4.37. The standard InChI is InChI=1S/C26H20F8N6O2/c27-20-16(22-35-8-14(9-36-22)25(29,30)31)7-13-4-5-40(24(42)18(13)21(20)28)11-12-2-1-3-15(6-12)38-17-10-37-39-23(41)19(17)26(32,33)34/h4-5,7-10,12,15H,1-3,6,11H2,(H2,38,39,41)/t12-,15+/m1/s1. The smallest absolute Gasteiger partial charge is 0.380 e. The molecule has 1 fully saturated rings. The molecule has 42 heavy (non-hydrogen) atoms.